The van der Waals surface area contributed by atoms with E-state index in [1.54, 1.807) is 6.92 Å². The van der Waals surface area contributed by atoms with Crippen LogP contribution in [0.2, 0.25) is 0 Å². The minimum absolute atomic E-state index is 0.252. The van der Waals surface area contributed by atoms with Crippen LogP contribution in [0.15, 0.2) is 24.3 Å². The summed E-state index contributed by atoms with van der Waals surface area (Å²) in [5.74, 6) is 0. The fourth-order valence-corrected chi connectivity index (χ4v) is 1.36. The van der Waals surface area contributed by atoms with Crippen LogP contribution in [0.1, 0.15) is 36.7 Å². The molecule has 0 fully saturated rings. The molecule has 2 atom stereocenters. The standard InChI is InChI=1S/C11H13F3O2/c1-2-9(15)7-4-3-5-8(6-7)10(16)11(12,13)14/h3-6,9-10,15-16H,2H2,1H3/t9-,10-/m1/s1. The Labute approximate surface area is 91.3 Å². The first-order valence-electron chi connectivity index (χ1n) is 4.89. The van der Waals surface area contributed by atoms with E-state index in [0.29, 0.717) is 12.0 Å². The van der Waals surface area contributed by atoms with Crippen molar-refractivity contribution >= 4 is 0 Å². The molecule has 5 heteroatoms. The summed E-state index contributed by atoms with van der Waals surface area (Å²) in [6.45, 7) is 1.72. The third-order valence-corrected chi connectivity index (χ3v) is 2.31. The van der Waals surface area contributed by atoms with Gasteiger partial charge in [0.25, 0.3) is 0 Å². The molecule has 1 aromatic carbocycles. The van der Waals surface area contributed by atoms with Crippen molar-refractivity contribution < 1.29 is 23.4 Å². The largest absolute Gasteiger partial charge is 0.418 e. The van der Waals surface area contributed by atoms with Crippen LogP contribution in [0.3, 0.4) is 0 Å². The summed E-state index contributed by atoms with van der Waals surface area (Å²) >= 11 is 0. The predicted molar refractivity (Wildman–Crippen MR) is 52.7 cm³/mol. The molecule has 16 heavy (non-hydrogen) atoms. The van der Waals surface area contributed by atoms with E-state index in [0.717, 1.165) is 0 Å². The average molecular weight is 234 g/mol. The van der Waals surface area contributed by atoms with Crippen molar-refractivity contribution in [1.29, 1.82) is 0 Å². The number of rotatable bonds is 3. The van der Waals surface area contributed by atoms with E-state index in [9.17, 15) is 18.3 Å². The van der Waals surface area contributed by atoms with Gasteiger partial charge in [-0.15, -0.1) is 0 Å². The van der Waals surface area contributed by atoms with E-state index in [1.807, 2.05) is 0 Å². The minimum atomic E-state index is -4.68. The summed E-state index contributed by atoms with van der Waals surface area (Å²) in [6.07, 6.45) is -7.58. The lowest BCUT2D eigenvalue weighted by Crippen LogP contribution is -2.20. The second-order valence-corrected chi connectivity index (χ2v) is 3.54. The maximum Gasteiger partial charge on any atom is 0.418 e. The first-order valence-corrected chi connectivity index (χ1v) is 4.89. The molecule has 0 aliphatic rings. The maximum atomic E-state index is 12.2. The molecule has 0 heterocycles. The molecule has 0 spiro atoms. The van der Waals surface area contributed by atoms with Crippen molar-refractivity contribution in [3.05, 3.63) is 35.4 Å². The summed E-state index contributed by atoms with van der Waals surface area (Å²) in [5, 5.41) is 18.5. The Balaban J connectivity index is 2.99. The summed E-state index contributed by atoms with van der Waals surface area (Å²) in [7, 11) is 0. The molecule has 90 valence electrons. The van der Waals surface area contributed by atoms with Crippen LogP contribution < -0.4 is 0 Å². The highest BCUT2D eigenvalue weighted by atomic mass is 19.4. The number of halogens is 3. The maximum absolute atomic E-state index is 12.2. The molecule has 2 nitrogen and oxygen atoms in total. The SMILES string of the molecule is CC[C@@H](O)c1cccc([C@@H](O)C(F)(F)F)c1. The van der Waals surface area contributed by atoms with Crippen LogP contribution in [0, 0.1) is 0 Å². The molecule has 0 radical (unpaired) electrons. The number of alkyl halides is 3. The Morgan fingerprint density at radius 3 is 2.25 bits per heavy atom. The van der Waals surface area contributed by atoms with Gasteiger partial charge in [-0.1, -0.05) is 31.2 Å². The van der Waals surface area contributed by atoms with Crippen LogP contribution in [-0.4, -0.2) is 16.4 Å². The van der Waals surface area contributed by atoms with Crippen LogP contribution in [0.5, 0.6) is 0 Å². The zero-order valence-electron chi connectivity index (χ0n) is 8.70. The molecule has 0 saturated carbocycles. The smallest absolute Gasteiger partial charge is 0.388 e. The van der Waals surface area contributed by atoms with Gasteiger partial charge in [0.05, 0.1) is 6.10 Å². The molecule has 1 rings (SSSR count). The van der Waals surface area contributed by atoms with Gasteiger partial charge in [0.15, 0.2) is 6.10 Å². The Bertz CT molecular complexity index is 349. The van der Waals surface area contributed by atoms with Gasteiger partial charge in [-0.2, -0.15) is 13.2 Å². The minimum Gasteiger partial charge on any atom is -0.388 e. The Morgan fingerprint density at radius 1 is 1.19 bits per heavy atom. The van der Waals surface area contributed by atoms with Gasteiger partial charge < -0.3 is 10.2 Å². The lowest BCUT2D eigenvalue weighted by atomic mass is 10.0. The Hall–Kier alpha value is -1.07. The lowest BCUT2D eigenvalue weighted by Gasteiger charge is -2.16. The van der Waals surface area contributed by atoms with E-state index in [4.69, 9.17) is 5.11 Å². The van der Waals surface area contributed by atoms with Crippen LogP contribution >= 0.6 is 0 Å². The van der Waals surface area contributed by atoms with Gasteiger partial charge in [-0.25, -0.2) is 0 Å². The summed E-state index contributed by atoms with van der Waals surface area (Å²) < 4.78 is 36.7. The highest BCUT2D eigenvalue weighted by Crippen LogP contribution is 2.33. The quantitative estimate of drug-likeness (QED) is 0.844. The lowest BCUT2D eigenvalue weighted by molar-refractivity contribution is -0.206. The van der Waals surface area contributed by atoms with E-state index in [1.165, 1.54) is 24.3 Å². The number of aliphatic hydroxyl groups is 2. The number of aliphatic hydroxyl groups excluding tert-OH is 2. The molecule has 0 aliphatic heterocycles. The second-order valence-electron chi connectivity index (χ2n) is 3.54. The molecule has 0 saturated heterocycles. The molecule has 0 unspecified atom stereocenters. The fraction of sp³-hybridized carbons (Fsp3) is 0.455. The zero-order chi connectivity index (χ0) is 12.3. The van der Waals surface area contributed by atoms with Crippen molar-refractivity contribution in [2.45, 2.75) is 31.7 Å². The Kier molecular flexibility index (Phi) is 3.93. The second kappa shape index (κ2) is 4.84. The van der Waals surface area contributed by atoms with Gasteiger partial charge >= 0.3 is 6.18 Å². The van der Waals surface area contributed by atoms with Gasteiger partial charge in [0.1, 0.15) is 0 Å². The third-order valence-electron chi connectivity index (χ3n) is 2.31. The molecule has 2 N–H and O–H groups in total. The van der Waals surface area contributed by atoms with Gasteiger partial charge in [0.2, 0.25) is 0 Å². The van der Waals surface area contributed by atoms with Gasteiger partial charge in [-0.05, 0) is 17.5 Å². The van der Waals surface area contributed by atoms with E-state index >= 15 is 0 Å². The summed E-state index contributed by atoms with van der Waals surface area (Å²) in [4.78, 5) is 0. The molecular formula is C11H13F3O2. The van der Waals surface area contributed by atoms with Crippen molar-refractivity contribution in [1.82, 2.24) is 0 Å². The zero-order valence-corrected chi connectivity index (χ0v) is 8.70. The van der Waals surface area contributed by atoms with Crippen LogP contribution in [0.25, 0.3) is 0 Å². The Morgan fingerprint density at radius 2 is 1.75 bits per heavy atom. The van der Waals surface area contributed by atoms with Crippen molar-refractivity contribution in [3.8, 4) is 0 Å². The van der Waals surface area contributed by atoms with E-state index < -0.39 is 18.4 Å². The fourth-order valence-electron chi connectivity index (χ4n) is 1.36. The molecule has 0 aliphatic carbocycles. The van der Waals surface area contributed by atoms with Gasteiger partial charge in [0, 0.05) is 0 Å². The summed E-state index contributed by atoms with van der Waals surface area (Å²) in [5.41, 5.74) is 0.126. The monoisotopic (exact) mass is 234 g/mol. The molecular weight excluding hydrogens is 221 g/mol. The summed E-state index contributed by atoms with van der Waals surface area (Å²) in [6, 6.07) is 5.27. The molecule has 1 aromatic rings. The number of hydrogen-bond acceptors (Lipinski definition) is 2. The van der Waals surface area contributed by atoms with E-state index in [2.05, 4.69) is 0 Å². The van der Waals surface area contributed by atoms with E-state index in [-0.39, 0.29) is 5.56 Å². The molecule has 0 bridgehead atoms. The normalized spacial score (nSPS) is 15.9. The molecule has 0 aromatic heterocycles. The number of benzene rings is 1. The number of hydrogen-bond donors (Lipinski definition) is 2. The van der Waals surface area contributed by atoms with Crippen molar-refractivity contribution in [3.63, 3.8) is 0 Å². The van der Waals surface area contributed by atoms with Crippen LogP contribution in [-0.2, 0) is 0 Å². The van der Waals surface area contributed by atoms with Crippen LogP contribution in [0.4, 0.5) is 13.2 Å². The molecule has 0 amide bonds. The third kappa shape index (κ3) is 2.96. The topological polar surface area (TPSA) is 40.5 Å². The highest BCUT2D eigenvalue weighted by Gasteiger charge is 2.39. The predicted octanol–water partition coefficient (Wildman–Crippen LogP) is 2.73. The average Bonchev–Trinajstić information content (AvgIpc) is 2.26. The first kappa shape index (κ1) is 13.0. The first-order chi connectivity index (χ1) is 7.36. The highest BCUT2D eigenvalue weighted by molar-refractivity contribution is 5.27. The van der Waals surface area contributed by atoms with Crippen molar-refractivity contribution in [2.24, 2.45) is 0 Å². The van der Waals surface area contributed by atoms with Gasteiger partial charge in [-0.3, -0.25) is 0 Å². The van der Waals surface area contributed by atoms with Crippen molar-refractivity contribution in [2.75, 3.05) is 0 Å².